The fourth-order valence-electron chi connectivity index (χ4n) is 0.637. The van der Waals surface area contributed by atoms with Crippen LogP contribution in [-0.4, -0.2) is 23.6 Å². The smallest absolute Gasteiger partial charge is 0.242 e. The van der Waals surface area contributed by atoms with Crippen molar-refractivity contribution in [2.24, 2.45) is 5.73 Å². The maximum absolute atomic E-state index is 11.0. The Morgan fingerprint density at radius 3 is 2.42 bits per heavy atom. The lowest BCUT2D eigenvalue weighted by Crippen LogP contribution is -2.56. The minimum Gasteiger partial charge on any atom is -0.368 e. The largest absolute Gasteiger partial charge is 0.368 e. The highest BCUT2D eigenvalue weighted by Crippen LogP contribution is 2.07. The van der Waals surface area contributed by atoms with E-state index in [9.17, 15) is 4.79 Å². The number of carbonyl (C=O) groups excluding carboxylic acids is 1. The van der Waals surface area contributed by atoms with Crippen LogP contribution in [0.1, 0.15) is 20.3 Å². The summed E-state index contributed by atoms with van der Waals surface area (Å²) in [5.41, 5.74) is 4.45. The lowest BCUT2D eigenvalue weighted by Gasteiger charge is -2.26. The summed E-state index contributed by atoms with van der Waals surface area (Å²) in [4.78, 5) is 11.0. The summed E-state index contributed by atoms with van der Waals surface area (Å²) >= 11 is 4.86. The molecule has 4 N–H and O–H groups in total. The molecule has 5 heteroatoms. The zero-order chi connectivity index (χ0) is 9.78. The first-order chi connectivity index (χ1) is 5.46. The van der Waals surface area contributed by atoms with Gasteiger partial charge in [-0.25, -0.2) is 0 Å². The molecule has 0 aliphatic heterocycles. The van der Waals surface area contributed by atoms with Crippen molar-refractivity contribution in [1.29, 1.82) is 0 Å². The maximum Gasteiger partial charge on any atom is 0.242 e. The molecule has 0 bridgehead atoms. The monoisotopic (exact) mass is 189 g/mol. The Balaban J connectivity index is 4.34. The SMILES string of the molecule is CCC(C)(NC(=S)NC)C(N)=O. The molecule has 12 heavy (non-hydrogen) atoms. The molecule has 0 heterocycles. The van der Waals surface area contributed by atoms with Crippen LogP contribution in [-0.2, 0) is 4.79 Å². The molecular weight excluding hydrogens is 174 g/mol. The van der Waals surface area contributed by atoms with Crippen molar-refractivity contribution < 1.29 is 4.79 Å². The minimum absolute atomic E-state index is 0.400. The molecule has 0 aliphatic carbocycles. The van der Waals surface area contributed by atoms with Crippen LogP contribution in [0.4, 0.5) is 0 Å². The lowest BCUT2D eigenvalue weighted by atomic mass is 9.99. The van der Waals surface area contributed by atoms with Crippen LogP contribution in [0.3, 0.4) is 0 Å². The van der Waals surface area contributed by atoms with Crippen LogP contribution >= 0.6 is 12.2 Å². The van der Waals surface area contributed by atoms with E-state index >= 15 is 0 Å². The standard InChI is InChI=1S/C7H15N3OS/c1-4-7(2,5(8)11)10-6(12)9-3/h4H2,1-3H3,(H2,8,11)(H2,9,10,12). The highest BCUT2D eigenvalue weighted by atomic mass is 32.1. The van der Waals surface area contributed by atoms with Gasteiger partial charge in [0.15, 0.2) is 5.11 Å². The molecular formula is C7H15N3OS. The van der Waals surface area contributed by atoms with Gasteiger partial charge in [-0.15, -0.1) is 0 Å². The molecule has 0 fully saturated rings. The Labute approximate surface area is 77.9 Å². The quantitative estimate of drug-likeness (QED) is 0.535. The number of rotatable bonds is 3. The van der Waals surface area contributed by atoms with Gasteiger partial charge in [-0.1, -0.05) is 6.92 Å². The normalized spacial score (nSPS) is 14.6. The van der Waals surface area contributed by atoms with Crippen LogP contribution < -0.4 is 16.4 Å². The number of amides is 1. The second kappa shape index (κ2) is 4.25. The van der Waals surface area contributed by atoms with Crippen molar-refractivity contribution in [2.45, 2.75) is 25.8 Å². The minimum atomic E-state index is -0.750. The Bertz CT molecular complexity index is 195. The van der Waals surface area contributed by atoms with E-state index < -0.39 is 11.4 Å². The summed E-state index contributed by atoms with van der Waals surface area (Å²) in [6.07, 6.45) is 0.601. The van der Waals surface area contributed by atoms with E-state index in [0.717, 1.165) is 0 Å². The summed E-state index contributed by atoms with van der Waals surface area (Å²) in [6.45, 7) is 3.59. The number of thiocarbonyl (C=S) groups is 1. The Hall–Kier alpha value is -0.840. The van der Waals surface area contributed by atoms with Gasteiger partial charge in [-0.2, -0.15) is 0 Å². The van der Waals surface area contributed by atoms with E-state index in [-0.39, 0.29) is 0 Å². The summed E-state index contributed by atoms with van der Waals surface area (Å²) in [7, 11) is 1.69. The van der Waals surface area contributed by atoms with E-state index in [2.05, 4.69) is 10.6 Å². The van der Waals surface area contributed by atoms with Crippen molar-refractivity contribution in [3.63, 3.8) is 0 Å². The van der Waals surface area contributed by atoms with Crippen molar-refractivity contribution >= 4 is 23.2 Å². The molecule has 70 valence electrons. The third-order valence-electron chi connectivity index (χ3n) is 1.87. The molecule has 0 rings (SSSR count). The average Bonchev–Trinajstić information content (AvgIpc) is 2.03. The van der Waals surface area contributed by atoms with Gasteiger partial charge >= 0.3 is 0 Å². The number of hydrogen-bond donors (Lipinski definition) is 3. The van der Waals surface area contributed by atoms with Crippen LogP contribution in [0.2, 0.25) is 0 Å². The number of nitrogens with one attached hydrogen (secondary N) is 2. The molecule has 0 saturated carbocycles. The highest BCUT2D eigenvalue weighted by Gasteiger charge is 2.28. The van der Waals surface area contributed by atoms with Gasteiger partial charge in [0.25, 0.3) is 0 Å². The molecule has 0 saturated heterocycles. The maximum atomic E-state index is 11.0. The Kier molecular flexibility index (Phi) is 3.95. The van der Waals surface area contributed by atoms with Gasteiger partial charge < -0.3 is 16.4 Å². The molecule has 1 unspecified atom stereocenters. The number of hydrogen-bond acceptors (Lipinski definition) is 2. The summed E-state index contributed by atoms with van der Waals surface area (Å²) in [5, 5.41) is 5.99. The molecule has 1 amide bonds. The second-order valence-electron chi connectivity index (χ2n) is 2.75. The van der Waals surface area contributed by atoms with E-state index in [0.29, 0.717) is 11.5 Å². The molecule has 0 aromatic rings. The van der Waals surface area contributed by atoms with Gasteiger partial charge in [-0.3, -0.25) is 4.79 Å². The highest BCUT2D eigenvalue weighted by molar-refractivity contribution is 7.80. The number of nitrogens with two attached hydrogens (primary N) is 1. The first-order valence-corrected chi connectivity index (χ1v) is 4.17. The van der Waals surface area contributed by atoms with E-state index in [1.54, 1.807) is 14.0 Å². The van der Waals surface area contributed by atoms with Crippen LogP contribution in [0.15, 0.2) is 0 Å². The molecule has 0 aliphatic rings. The zero-order valence-corrected chi connectivity index (χ0v) is 8.42. The van der Waals surface area contributed by atoms with Crippen molar-refractivity contribution in [3.05, 3.63) is 0 Å². The summed E-state index contributed by atoms with van der Waals surface area (Å²) in [6, 6.07) is 0. The summed E-state index contributed by atoms with van der Waals surface area (Å²) < 4.78 is 0. The third-order valence-corrected chi connectivity index (χ3v) is 2.17. The van der Waals surface area contributed by atoms with E-state index in [4.69, 9.17) is 18.0 Å². The van der Waals surface area contributed by atoms with Gasteiger partial charge in [0.05, 0.1) is 0 Å². The Morgan fingerprint density at radius 1 is 1.67 bits per heavy atom. The molecule has 4 nitrogen and oxygen atoms in total. The average molecular weight is 189 g/mol. The number of primary amides is 1. The van der Waals surface area contributed by atoms with Crippen molar-refractivity contribution in [3.8, 4) is 0 Å². The fourth-order valence-corrected chi connectivity index (χ4v) is 0.863. The first-order valence-electron chi connectivity index (χ1n) is 3.76. The Morgan fingerprint density at radius 2 is 2.17 bits per heavy atom. The van der Waals surface area contributed by atoms with Gasteiger partial charge in [0.2, 0.25) is 5.91 Å². The molecule has 0 spiro atoms. The topological polar surface area (TPSA) is 67.2 Å². The van der Waals surface area contributed by atoms with Gasteiger partial charge in [0, 0.05) is 7.05 Å². The molecule has 1 atom stereocenters. The molecule has 0 aromatic carbocycles. The van der Waals surface area contributed by atoms with Gasteiger partial charge in [-0.05, 0) is 25.6 Å². The van der Waals surface area contributed by atoms with E-state index in [1.807, 2.05) is 6.92 Å². The molecule has 0 aromatic heterocycles. The van der Waals surface area contributed by atoms with Crippen LogP contribution in [0, 0.1) is 0 Å². The predicted octanol–water partition coefficient (Wildman–Crippen LogP) is -0.266. The second-order valence-corrected chi connectivity index (χ2v) is 3.16. The molecule has 0 radical (unpaired) electrons. The van der Waals surface area contributed by atoms with Crippen LogP contribution in [0.25, 0.3) is 0 Å². The van der Waals surface area contributed by atoms with E-state index in [1.165, 1.54) is 0 Å². The third kappa shape index (κ3) is 2.65. The van der Waals surface area contributed by atoms with Crippen LogP contribution in [0.5, 0.6) is 0 Å². The lowest BCUT2D eigenvalue weighted by molar-refractivity contribution is -0.123. The first kappa shape index (κ1) is 11.2. The van der Waals surface area contributed by atoms with Crippen molar-refractivity contribution in [2.75, 3.05) is 7.05 Å². The van der Waals surface area contributed by atoms with Gasteiger partial charge in [0.1, 0.15) is 5.54 Å². The number of carbonyl (C=O) groups is 1. The predicted molar refractivity (Wildman–Crippen MR) is 52.7 cm³/mol. The fraction of sp³-hybridized carbons (Fsp3) is 0.714. The summed E-state index contributed by atoms with van der Waals surface area (Å²) in [5.74, 6) is -0.400. The zero-order valence-electron chi connectivity index (χ0n) is 7.60. The van der Waals surface area contributed by atoms with Crippen molar-refractivity contribution in [1.82, 2.24) is 10.6 Å².